The molecule has 0 saturated heterocycles. The average molecular weight is 417 g/mol. The SMILES string of the molecule is O=[N+]([O-])c1ccc([C@@H](O)[C@@H]([C@H](c2ccccc2)c2c[nH]c3ccccc23)[N+](=O)[O-])cc1. The van der Waals surface area contributed by atoms with Crippen LogP contribution < -0.4 is 0 Å². The van der Waals surface area contributed by atoms with Crippen molar-refractivity contribution in [2.45, 2.75) is 18.1 Å². The van der Waals surface area contributed by atoms with E-state index in [0.29, 0.717) is 11.1 Å². The van der Waals surface area contributed by atoms with Gasteiger partial charge in [0.05, 0.1) is 10.8 Å². The van der Waals surface area contributed by atoms with Gasteiger partial charge in [-0.15, -0.1) is 0 Å². The number of fused-ring (bicyclic) bond motifs is 1. The first-order valence-corrected chi connectivity index (χ1v) is 9.64. The van der Waals surface area contributed by atoms with Crippen LogP contribution in [0.4, 0.5) is 5.69 Å². The highest BCUT2D eigenvalue weighted by atomic mass is 16.6. The number of nitro groups is 2. The predicted molar refractivity (Wildman–Crippen MR) is 115 cm³/mol. The Labute approximate surface area is 177 Å². The predicted octanol–water partition coefficient (Wildman–Crippen LogP) is 4.59. The third-order valence-electron chi connectivity index (χ3n) is 5.47. The summed E-state index contributed by atoms with van der Waals surface area (Å²) < 4.78 is 0. The Morgan fingerprint density at radius 2 is 1.45 bits per heavy atom. The Kier molecular flexibility index (Phi) is 5.46. The van der Waals surface area contributed by atoms with Crippen molar-refractivity contribution in [2.75, 3.05) is 0 Å². The van der Waals surface area contributed by atoms with Gasteiger partial charge in [-0.2, -0.15) is 0 Å². The minimum absolute atomic E-state index is 0.148. The molecule has 3 aromatic carbocycles. The zero-order valence-electron chi connectivity index (χ0n) is 16.3. The van der Waals surface area contributed by atoms with E-state index in [2.05, 4.69) is 4.98 Å². The highest BCUT2D eigenvalue weighted by molar-refractivity contribution is 5.84. The number of aliphatic hydroxyl groups excluding tert-OH is 1. The highest BCUT2D eigenvalue weighted by Crippen LogP contribution is 2.39. The number of rotatable bonds is 7. The van der Waals surface area contributed by atoms with Gasteiger partial charge in [0.25, 0.3) is 11.7 Å². The van der Waals surface area contributed by atoms with Gasteiger partial charge < -0.3 is 10.1 Å². The number of aromatic amines is 1. The van der Waals surface area contributed by atoms with E-state index in [0.717, 1.165) is 10.9 Å². The summed E-state index contributed by atoms with van der Waals surface area (Å²) in [5.41, 5.74) is 2.32. The van der Waals surface area contributed by atoms with Crippen LogP contribution in [0.15, 0.2) is 85.1 Å². The number of H-pyrrole nitrogens is 1. The maximum absolute atomic E-state index is 12.3. The molecule has 0 spiro atoms. The van der Waals surface area contributed by atoms with Gasteiger partial charge in [0.2, 0.25) is 0 Å². The molecule has 8 nitrogen and oxygen atoms in total. The van der Waals surface area contributed by atoms with Gasteiger partial charge in [0.15, 0.2) is 0 Å². The molecule has 4 aromatic rings. The van der Waals surface area contributed by atoms with Crippen LogP contribution in [0.2, 0.25) is 0 Å². The number of nitrogens with zero attached hydrogens (tertiary/aromatic N) is 2. The molecular formula is C23H19N3O5. The Hall–Kier alpha value is -4.04. The van der Waals surface area contributed by atoms with Crippen LogP contribution in [0, 0.1) is 20.2 Å². The fourth-order valence-electron chi connectivity index (χ4n) is 3.98. The number of aliphatic hydroxyl groups is 1. The van der Waals surface area contributed by atoms with E-state index in [4.69, 9.17) is 0 Å². The molecule has 156 valence electrons. The number of nitro benzene ring substituents is 1. The minimum atomic E-state index is -1.48. The maximum atomic E-state index is 12.3. The van der Waals surface area contributed by atoms with Crippen molar-refractivity contribution in [3.8, 4) is 0 Å². The molecule has 2 N–H and O–H groups in total. The lowest BCUT2D eigenvalue weighted by molar-refractivity contribution is -0.538. The zero-order valence-corrected chi connectivity index (χ0v) is 16.3. The Morgan fingerprint density at radius 1 is 0.806 bits per heavy atom. The summed E-state index contributed by atoms with van der Waals surface area (Å²) in [5.74, 6) is -0.752. The summed E-state index contributed by atoms with van der Waals surface area (Å²) in [5, 5.41) is 35.1. The van der Waals surface area contributed by atoms with E-state index in [9.17, 15) is 25.3 Å². The lowest BCUT2D eigenvalue weighted by Crippen LogP contribution is -2.34. The molecule has 0 saturated carbocycles. The summed E-state index contributed by atoms with van der Waals surface area (Å²) in [6, 6.07) is 20.3. The third kappa shape index (κ3) is 3.88. The highest BCUT2D eigenvalue weighted by Gasteiger charge is 2.42. The molecular weight excluding hydrogens is 398 g/mol. The van der Waals surface area contributed by atoms with Gasteiger partial charge in [-0.1, -0.05) is 48.5 Å². The first-order chi connectivity index (χ1) is 15.0. The maximum Gasteiger partial charge on any atom is 0.269 e. The van der Waals surface area contributed by atoms with Gasteiger partial charge in [0, 0.05) is 34.2 Å². The summed E-state index contributed by atoms with van der Waals surface area (Å²) in [6.07, 6.45) is 0.260. The van der Waals surface area contributed by atoms with Gasteiger partial charge in [-0.3, -0.25) is 20.2 Å². The van der Waals surface area contributed by atoms with E-state index in [1.165, 1.54) is 24.3 Å². The number of non-ortho nitro benzene ring substituents is 1. The monoisotopic (exact) mass is 417 g/mol. The summed E-state index contributed by atoms with van der Waals surface area (Å²) >= 11 is 0. The van der Waals surface area contributed by atoms with E-state index >= 15 is 0 Å². The molecule has 0 aliphatic heterocycles. The second-order valence-corrected chi connectivity index (χ2v) is 7.25. The van der Waals surface area contributed by atoms with Crippen LogP contribution in [0.1, 0.15) is 28.7 Å². The van der Waals surface area contributed by atoms with E-state index < -0.39 is 27.9 Å². The molecule has 0 radical (unpaired) electrons. The van der Waals surface area contributed by atoms with E-state index in [1.54, 1.807) is 30.5 Å². The molecule has 1 aromatic heterocycles. The number of para-hydroxylation sites is 1. The van der Waals surface area contributed by atoms with Crippen molar-refractivity contribution in [3.05, 3.63) is 122 Å². The molecule has 0 bridgehead atoms. The summed E-state index contributed by atoms with van der Waals surface area (Å²) in [6.45, 7) is 0. The molecule has 1 heterocycles. The largest absolute Gasteiger partial charge is 0.381 e. The number of benzene rings is 3. The number of hydrogen-bond donors (Lipinski definition) is 2. The zero-order chi connectivity index (χ0) is 22.0. The number of nitrogens with one attached hydrogen (secondary N) is 1. The molecule has 3 atom stereocenters. The van der Waals surface area contributed by atoms with Crippen LogP contribution in [0.3, 0.4) is 0 Å². The van der Waals surface area contributed by atoms with Gasteiger partial charge in [0.1, 0.15) is 6.10 Å². The second kappa shape index (κ2) is 8.37. The number of hydrogen-bond acceptors (Lipinski definition) is 5. The molecule has 0 unspecified atom stereocenters. The van der Waals surface area contributed by atoms with Crippen molar-refractivity contribution in [1.82, 2.24) is 4.98 Å². The van der Waals surface area contributed by atoms with Crippen LogP contribution >= 0.6 is 0 Å². The summed E-state index contributed by atoms with van der Waals surface area (Å²) in [4.78, 5) is 25.3. The third-order valence-corrected chi connectivity index (χ3v) is 5.47. The molecule has 4 rings (SSSR count). The van der Waals surface area contributed by atoms with Gasteiger partial charge in [-0.05, 0) is 34.9 Å². The fraction of sp³-hybridized carbons (Fsp3) is 0.130. The minimum Gasteiger partial charge on any atom is -0.381 e. The average Bonchev–Trinajstić information content (AvgIpc) is 3.21. The standard InChI is InChI=1S/C23H19N3O5/c27-23(16-10-12-17(13-11-16)25(28)29)22(26(30)31)21(15-6-2-1-3-7-15)19-14-24-20-9-5-4-8-18(19)20/h1-14,21-24,27H/t21-,22-,23-/m1/s1. The first-order valence-electron chi connectivity index (χ1n) is 9.64. The Balaban J connectivity index is 1.84. The molecule has 0 fully saturated rings. The van der Waals surface area contributed by atoms with E-state index in [1.807, 2.05) is 30.3 Å². The van der Waals surface area contributed by atoms with Crippen molar-refractivity contribution in [2.24, 2.45) is 0 Å². The summed E-state index contributed by atoms with van der Waals surface area (Å²) in [7, 11) is 0. The number of aromatic nitrogens is 1. The van der Waals surface area contributed by atoms with Crippen LogP contribution in [-0.4, -0.2) is 26.0 Å². The first kappa shape index (κ1) is 20.2. The Morgan fingerprint density at radius 3 is 2.10 bits per heavy atom. The molecule has 0 amide bonds. The Bertz CT molecular complexity index is 1220. The fourth-order valence-corrected chi connectivity index (χ4v) is 3.98. The molecule has 8 heteroatoms. The molecule has 0 aliphatic carbocycles. The lowest BCUT2D eigenvalue weighted by atomic mass is 9.81. The van der Waals surface area contributed by atoms with E-state index in [-0.39, 0.29) is 11.3 Å². The lowest BCUT2D eigenvalue weighted by Gasteiger charge is -2.25. The quantitative estimate of drug-likeness (QED) is 0.336. The second-order valence-electron chi connectivity index (χ2n) is 7.25. The molecule has 31 heavy (non-hydrogen) atoms. The smallest absolute Gasteiger partial charge is 0.269 e. The van der Waals surface area contributed by atoms with Crippen molar-refractivity contribution in [1.29, 1.82) is 0 Å². The van der Waals surface area contributed by atoms with Crippen LogP contribution in [0.25, 0.3) is 10.9 Å². The van der Waals surface area contributed by atoms with Crippen molar-refractivity contribution >= 4 is 16.6 Å². The van der Waals surface area contributed by atoms with Crippen LogP contribution in [-0.2, 0) is 0 Å². The van der Waals surface area contributed by atoms with Crippen molar-refractivity contribution < 1.29 is 15.0 Å². The molecule has 0 aliphatic rings. The van der Waals surface area contributed by atoms with Crippen LogP contribution in [0.5, 0.6) is 0 Å². The van der Waals surface area contributed by atoms with Crippen molar-refractivity contribution in [3.63, 3.8) is 0 Å². The van der Waals surface area contributed by atoms with Gasteiger partial charge in [-0.25, -0.2) is 0 Å². The van der Waals surface area contributed by atoms with Gasteiger partial charge >= 0.3 is 0 Å². The normalized spacial score (nSPS) is 14.1. The topological polar surface area (TPSA) is 122 Å².